The van der Waals surface area contributed by atoms with Crippen molar-refractivity contribution in [3.8, 4) is 11.5 Å². The van der Waals surface area contributed by atoms with Crippen LogP contribution in [0.3, 0.4) is 0 Å². The van der Waals surface area contributed by atoms with Crippen LogP contribution in [0.2, 0.25) is 0 Å². The highest BCUT2D eigenvalue weighted by molar-refractivity contribution is 6.01. The number of amides is 1. The predicted octanol–water partition coefficient (Wildman–Crippen LogP) is 0.900. The van der Waals surface area contributed by atoms with Gasteiger partial charge in [-0.05, 0) is 25.7 Å². The second-order valence-corrected chi connectivity index (χ2v) is 6.75. The first-order valence-electron chi connectivity index (χ1n) is 9.19. The summed E-state index contributed by atoms with van der Waals surface area (Å²) in [6.07, 6.45) is 6.54. The fourth-order valence-corrected chi connectivity index (χ4v) is 3.36. The van der Waals surface area contributed by atoms with E-state index >= 15 is 0 Å². The highest BCUT2D eigenvalue weighted by Gasteiger charge is 2.18. The maximum absolute atomic E-state index is 12.5. The summed E-state index contributed by atoms with van der Waals surface area (Å²) in [6, 6.07) is 1.73. The highest BCUT2D eigenvalue weighted by Crippen LogP contribution is 2.23. The Hall–Kier alpha value is -3.89. The van der Waals surface area contributed by atoms with Gasteiger partial charge in [0.15, 0.2) is 22.9 Å². The molecule has 0 saturated heterocycles. The van der Waals surface area contributed by atoms with Gasteiger partial charge < -0.3 is 19.8 Å². The second kappa shape index (κ2) is 6.93. The van der Waals surface area contributed by atoms with Gasteiger partial charge in [-0.25, -0.2) is 19.9 Å². The van der Waals surface area contributed by atoms with Crippen LogP contribution in [0.15, 0.2) is 27.9 Å². The van der Waals surface area contributed by atoms with Crippen molar-refractivity contribution in [1.29, 1.82) is 0 Å². The van der Waals surface area contributed by atoms with Gasteiger partial charge in [-0.1, -0.05) is 5.16 Å². The molecule has 0 aliphatic heterocycles. The zero-order chi connectivity index (χ0) is 19.8. The Labute approximate surface area is 163 Å². The fourth-order valence-electron chi connectivity index (χ4n) is 3.36. The Bertz CT molecular complexity index is 1250. The largest absolute Gasteiger partial charge is 0.359 e. The van der Waals surface area contributed by atoms with Gasteiger partial charge in [0.2, 0.25) is 0 Å². The Morgan fingerprint density at radius 1 is 1.17 bits per heavy atom. The molecule has 0 fully saturated rings. The topological polar surface area (TPSA) is 155 Å². The third-order valence-corrected chi connectivity index (χ3v) is 4.77. The van der Waals surface area contributed by atoms with E-state index in [0.29, 0.717) is 17.3 Å². The van der Waals surface area contributed by atoms with Gasteiger partial charge >= 0.3 is 0 Å². The number of carbonyl (C=O) groups excluding carboxylic acids is 1. The molecule has 0 saturated carbocycles. The molecule has 1 aliphatic carbocycles. The Morgan fingerprint density at radius 2 is 2.07 bits per heavy atom. The van der Waals surface area contributed by atoms with Crippen LogP contribution in [0, 0.1) is 0 Å². The number of aryl methyl sites for hydroxylation is 2. The number of rotatable bonds is 4. The average molecular weight is 392 g/mol. The van der Waals surface area contributed by atoms with Crippen LogP contribution >= 0.6 is 0 Å². The molecule has 0 bridgehead atoms. The van der Waals surface area contributed by atoms with Gasteiger partial charge in [0.05, 0.1) is 18.4 Å². The van der Waals surface area contributed by atoms with E-state index in [0.717, 1.165) is 43.3 Å². The van der Waals surface area contributed by atoms with Gasteiger partial charge in [-0.3, -0.25) is 9.59 Å². The number of H-pyrrole nitrogens is 2. The van der Waals surface area contributed by atoms with E-state index in [1.165, 1.54) is 6.33 Å². The minimum absolute atomic E-state index is 0.0599. The lowest BCUT2D eigenvalue weighted by molar-refractivity contribution is 0.0943. The number of fused-ring (bicyclic) bond motifs is 2. The molecule has 1 aliphatic rings. The summed E-state index contributed by atoms with van der Waals surface area (Å²) in [4.78, 5) is 46.1. The standard InChI is InChI=1S/C18H16N8O3/c27-13-7-19-14-15(21-8-22-17(14)25-13)18(28)20-6-9-5-12(26-29-9)16-23-10-3-1-2-4-11(10)24-16/h5,7-8H,1-4,6H2,(H,20,28)(H,23,24)(H,21,22,25,27). The molecular weight excluding hydrogens is 376 g/mol. The number of nitrogens with zero attached hydrogens (tertiary/aromatic N) is 5. The first kappa shape index (κ1) is 17.2. The number of imidazole rings is 1. The number of aromatic amines is 2. The summed E-state index contributed by atoms with van der Waals surface area (Å²) in [6.45, 7) is 0.112. The molecule has 0 unspecified atom stereocenters. The lowest BCUT2D eigenvalue weighted by atomic mass is 10.0. The molecular formula is C18H16N8O3. The van der Waals surface area contributed by atoms with Crippen molar-refractivity contribution in [1.82, 2.24) is 40.4 Å². The molecule has 0 atom stereocenters. The third kappa shape index (κ3) is 3.26. The summed E-state index contributed by atoms with van der Waals surface area (Å²) in [7, 11) is 0. The molecule has 11 nitrogen and oxygen atoms in total. The summed E-state index contributed by atoms with van der Waals surface area (Å²) in [5.41, 5.74) is 2.90. The van der Waals surface area contributed by atoms with Gasteiger partial charge in [-0.2, -0.15) is 0 Å². The molecule has 0 radical (unpaired) electrons. The molecule has 1 amide bonds. The van der Waals surface area contributed by atoms with Crippen LogP contribution in [-0.2, 0) is 19.4 Å². The van der Waals surface area contributed by atoms with Crippen LogP contribution < -0.4 is 10.9 Å². The highest BCUT2D eigenvalue weighted by atomic mass is 16.5. The van der Waals surface area contributed by atoms with Crippen molar-refractivity contribution >= 4 is 17.1 Å². The maximum Gasteiger partial charge on any atom is 0.272 e. The Morgan fingerprint density at radius 3 is 2.97 bits per heavy atom. The number of hydrogen-bond donors (Lipinski definition) is 3. The number of hydrogen-bond acceptors (Lipinski definition) is 8. The van der Waals surface area contributed by atoms with E-state index < -0.39 is 11.5 Å². The molecule has 146 valence electrons. The molecule has 5 rings (SSSR count). The third-order valence-electron chi connectivity index (χ3n) is 4.77. The van der Waals surface area contributed by atoms with Gasteiger partial charge in [0, 0.05) is 11.8 Å². The summed E-state index contributed by atoms with van der Waals surface area (Å²) < 4.78 is 5.32. The van der Waals surface area contributed by atoms with Crippen molar-refractivity contribution in [2.75, 3.05) is 0 Å². The fraction of sp³-hybridized carbons (Fsp3) is 0.278. The van der Waals surface area contributed by atoms with Gasteiger partial charge in [0.1, 0.15) is 17.5 Å². The SMILES string of the molecule is O=C(NCc1cc(-c2nc3c([nH]2)CCCC3)no1)c1ncnc2[nH]c(=O)cnc12. The zero-order valence-electron chi connectivity index (χ0n) is 15.2. The van der Waals surface area contributed by atoms with Crippen LogP contribution in [0.25, 0.3) is 22.7 Å². The van der Waals surface area contributed by atoms with E-state index in [1.54, 1.807) is 6.07 Å². The van der Waals surface area contributed by atoms with Crippen molar-refractivity contribution in [3.05, 3.63) is 51.8 Å². The summed E-state index contributed by atoms with van der Waals surface area (Å²) in [5.74, 6) is 0.680. The molecule has 0 spiro atoms. The summed E-state index contributed by atoms with van der Waals surface area (Å²) >= 11 is 0. The van der Waals surface area contributed by atoms with Gasteiger partial charge in [-0.15, -0.1) is 0 Å². The predicted molar refractivity (Wildman–Crippen MR) is 99.9 cm³/mol. The van der Waals surface area contributed by atoms with Crippen LogP contribution in [-0.4, -0.2) is 41.0 Å². The first-order valence-corrected chi connectivity index (χ1v) is 9.19. The molecule has 4 aromatic rings. The Kier molecular flexibility index (Phi) is 4.12. The number of carbonyl (C=O) groups is 1. The van der Waals surface area contributed by atoms with Gasteiger partial charge in [0.25, 0.3) is 11.5 Å². The zero-order valence-corrected chi connectivity index (χ0v) is 15.2. The van der Waals surface area contributed by atoms with Crippen molar-refractivity contribution < 1.29 is 9.32 Å². The first-order chi connectivity index (χ1) is 14.2. The van der Waals surface area contributed by atoms with E-state index in [-0.39, 0.29) is 23.4 Å². The van der Waals surface area contributed by atoms with E-state index in [9.17, 15) is 9.59 Å². The summed E-state index contributed by atoms with van der Waals surface area (Å²) in [5, 5.41) is 6.75. The minimum Gasteiger partial charge on any atom is -0.359 e. The lowest BCUT2D eigenvalue weighted by Gasteiger charge is -2.07. The number of aromatic nitrogens is 7. The van der Waals surface area contributed by atoms with Crippen LogP contribution in [0.1, 0.15) is 40.5 Å². The lowest BCUT2D eigenvalue weighted by Crippen LogP contribution is -2.24. The smallest absolute Gasteiger partial charge is 0.272 e. The second-order valence-electron chi connectivity index (χ2n) is 6.75. The number of nitrogens with one attached hydrogen (secondary N) is 3. The van der Waals surface area contributed by atoms with E-state index in [2.05, 4.69) is 40.4 Å². The molecule has 4 heterocycles. The van der Waals surface area contributed by atoms with Crippen molar-refractivity contribution in [2.24, 2.45) is 0 Å². The van der Waals surface area contributed by atoms with Crippen LogP contribution in [0.5, 0.6) is 0 Å². The average Bonchev–Trinajstić information content (AvgIpc) is 3.38. The van der Waals surface area contributed by atoms with Crippen LogP contribution in [0.4, 0.5) is 0 Å². The molecule has 0 aromatic carbocycles. The van der Waals surface area contributed by atoms with E-state index in [1.807, 2.05) is 0 Å². The molecule has 3 N–H and O–H groups in total. The maximum atomic E-state index is 12.5. The van der Waals surface area contributed by atoms with Crippen molar-refractivity contribution in [3.63, 3.8) is 0 Å². The molecule has 29 heavy (non-hydrogen) atoms. The van der Waals surface area contributed by atoms with E-state index in [4.69, 9.17) is 4.52 Å². The molecule has 11 heteroatoms. The monoisotopic (exact) mass is 392 g/mol. The normalized spacial score (nSPS) is 13.4. The Balaban J connectivity index is 1.32. The minimum atomic E-state index is -0.469. The van der Waals surface area contributed by atoms with Crippen molar-refractivity contribution in [2.45, 2.75) is 32.2 Å². The quantitative estimate of drug-likeness (QED) is 0.462. The molecule has 4 aromatic heterocycles.